The van der Waals surface area contributed by atoms with Crippen molar-refractivity contribution in [2.24, 2.45) is 0 Å². The number of para-hydroxylation sites is 1. The zero-order valence-corrected chi connectivity index (χ0v) is 28.9. The molecule has 0 saturated carbocycles. The van der Waals surface area contributed by atoms with E-state index >= 15 is 0 Å². The Hall–Kier alpha value is -6.14. The van der Waals surface area contributed by atoms with Crippen LogP contribution in [0.25, 0.3) is 102 Å². The summed E-state index contributed by atoms with van der Waals surface area (Å²) in [6.07, 6.45) is 0. The van der Waals surface area contributed by atoms with Crippen molar-refractivity contribution in [1.82, 2.24) is 14.5 Å². The molecule has 5 heteroatoms. The van der Waals surface area contributed by atoms with Crippen LogP contribution in [0.4, 0.5) is 0 Å². The fourth-order valence-electron chi connectivity index (χ4n) is 7.72. The number of thiophene rings is 2. The summed E-state index contributed by atoms with van der Waals surface area (Å²) in [5, 5.41) is 7.75. The second-order valence-electron chi connectivity index (χ2n) is 12.9. The number of benzene rings is 7. The van der Waals surface area contributed by atoms with Crippen LogP contribution >= 0.6 is 22.7 Å². The molecule has 0 fully saturated rings. The molecule has 0 saturated heterocycles. The lowest BCUT2D eigenvalue weighted by Gasteiger charge is -2.12. The number of aromatic nitrogens is 3. The lowest BCUT2D eigenvalue weighted by atomic mass is 10.0. The van der Waals surface area contributed by atoms with Gasteiger partial charge in [-0.3, -0.25) is 0 Å². The van der Waals surface area contributed by atoms with Gasteiger partial charge in [0.15, 0.2) is 5.82 Å². The number of fused-ring (bicyclic) bond motifs is 10. The highest BCUT2D eigenvalue weighted by molar-refractivity contribution is 7.27. The standard InChI is InChI=1S/C46H27N3S2/c1-2-12-28(13-3-1)46-47-37(27-38(48-46)35-20-11-19-33-31-16-5-8-22-41(31)50-44(33)35)29-14-10-15-30(26-29)49-39-21-7-4-18-36(39)43-40(49)25-24-34-32-17-6-9-23-42(32)51-45(34)43/h1-27H. The summed E-state index contributed by atoms with van der Waals surface area (Å²) in [6, 6.07) is 58.6. The van der Waals surface area contributed by atoms with Gasteiger partial charge in [0.2, 0.25) is 0 Å². The van der Waals surface area contributed by atoms with E-state index in [1.807, 2.05) is 40.9 Å². The van der Waals surface area contributed by atoms with Gasteiger partial charge in [-0.25, -0.2) is 9.97 Å². The highest BCUT2D eigenvalue weighted by Crippen LogP contribution is 2.44. The molecule has 11 rings (SSSR count). The number of hydrogen-bond acceptors (Lipinski definition) is 4. The van der Waals surface area contributed by atoms with Gasteiger partial charge < -0.3 is 4.57 Å². The minimum absolute atomic E-state index is 0.718. The van der Waals surface area contributed by atoms with Crippen LogP contribution in [0.2, 0.25) is 0 Å². The van der Waals surface area contributed by atoms with Crippen molar-refractivity contribution in [3.63, 3.8) is 0 Å². The van der Waals surface area contributed by atoms with Crippen LogP contribution in [0.3, 0.4) is 0 Å². The molecular weight excluding hydrogens is 659 g/mol. The fourth-order valence-corrected chi connectivity index (χ4v) is 10.2. The zero-order valence-electron chi connectivity index (χ0n) is 27.2. The average molecular weight is 686 g/mol. The summed E-state index contributed by atoms with van der Waals surface area (Å²) in [4.78, 5) is 10.4. The van der Waals surface area contributed by atoms with E-state index in [1.165, 1.54) is 62.2 Å². The second kappa shape index (κ2) is 11.2. The number of rotatable bonds is 4. The van der Waals surface area contributed by atoms with Gasteiger partial charge in [0, 0.05) is 73.5 Å². The average Bonchev–Trinajstić information content (AvgIpc) is 3.88. The van der Waals surface area contributed by atoms with Gasteiger partial charge in [-0.05, 0) is 42.5 Å². The van der Waals surface area contributed by atoms with Crippen LogP contribution in [-0.4, -0.2) is 14.5 Å². The fraction of sp³-hybridized carbons (Fsp3) is 0. The predicted octanol–water partition coefficient (Wildman–Crippen LogP) is 13.3. The minimum Gasteiger partial charge on any atom is -0.309 e. The van der Waals surface area contributed by atoms with E-state index in [9.17, 15) is 0 Å². The van der Waals surface area contributed by atoms with Crippen molar-refractivity contribution >= 4 is 84.8 Å². The smallest absolute Gasteiger partial charge is 0.160 e. The minimum atomic E-state index is 0.718. The van der Waals surface area contributed by atoms with Crippen LogP contribution < -0.4 is 0 Å². The molecular formula is C46H27N3S2. The predicted molar refractivity (Wildman–Crippen MR) is 218 cm³/mol. The van der Waals surface area contributed by atoms with Crippen molar-refractivity contribution in [2.45, 2.75) is 0 Å². The molecule has 4 heterocycles. The molecule has 11 aromatic rings. The molecule has 0 spiro atoms. The summed E-state index contributed by atoms with van der Waals surface area (Å²) >= 11 is 3.71. The monoisotopic (exact) mass is 685 g/mol. The Bertz CT molecular complexity index is 3150. The Labute approximate surface area is 301 Å². The van der Waals surface area contributed by atoms with Gasteiger partial charge >= 0.3 is 0 Å². The van der Waals surface area contributed by atoms with Gasteiger partial charge in [0.05, 0.1) is 22.4 Å². The summed E-state index contributed by atoms with van der Waals surface area (Å²) in [6.45, 7) is 0. The quantitative estimate of drug-likeness (QED) is 0.185. The van der Waals surface area contributed by atoms with E-state index in [-0.39, 0.29) is 0 Å². The van der Waals surface area contributed by atoms with Crippen molar-refractivity contribution in [3.05, 3.63) is 164 Å². The molecule has 0 aliphatic heterocycles. The lowest BCUT2D eigenvalue weighted by molar-refractivity contribution is 1.17. The second-order valence-corrected chi connectivity index (χ2v) is 15.1. The molecule has 0 N–H and O–H groups in total. The molecule has 0 aliphatic carbocycles. The Kier molecular flexibility index (Phi) is 6.29. The van der Waals surface area contributed by atoms with Crippen LogP contribution in [0.5, 0.6) is 0 Å². The molecule has 0 atom stereocenters. The highest BCUT2D eigenvalue weighted by atomic mass is 32.1. The van der Waals surface area contributed by atoms with Crippen molar-refractivity contribution in [3.8, 4) is 39.6 Å². The SMILES string of the molecule is c1ccc(-c2nc(-c3cccc(-n4c5ccccc5c5c6sc7ccccc7c6ccc54)c3)cc(-c3cccc4c3sc3ccccc34)n2)cc1. The Morgan fingerprint density at radius 3 is 1.86 bits per heavy atom. The van der Waals surface area contributed by atoms with Crippen molar-refractivity contribution in [2.75, 3.05) is 0 Å². The van der Waals surface area contributed by atoms with E-state index < -0.39 is 0 Å². The first-order valence-corrected chi connectivity index (χ1v) is 18.7. The third kappa shape index (κ3) is 4.42. The summed E-state index contributed by atoms with van der Waals surface area (Å²) < 4.78 is 7.59. The number of hydrogen-bond donors (Lipinski definition) is 0. The van der Waals surface area contributed by atoms with E-state index in [1.54, 1.807) is 0 Å². The van der Waals surface area contributed by atoms with Gasteiger partial charge in [0.25, 0.3) is 0 Å². The topological polar surface area (TPSA) is 30.7 Å². The van der Waals surface area contributed by atoms with Gasteiger partial charge in [-0.2, -0.15) is 0 Å². The first kappa shape index (κ1) is 28.7. The third-order valence-corrected chi connectivity index (χ3v) is 12.4. The molecule has 0 radical (unpaired) electrons. The van der Waals surface area contributed by atoms with E-state index in [0.717, 1.165) is 39.6 Å². The largest absolute Gasteiger partial charge is 0.309 e. The molecule has 4 aromatic heterocycles. The Morgan fingerprint density at radius 2 is 1.04 bits per heavy atom. The molecule has 7 aromatic carbocycles. The third-order valence-electron chi connectivity index (χ3n) is 10.0. The molecule has 3 nitrogen and oxygen atoms in total. The van der Waals surface area contributed by atoms with Gasteiger partial charge in [-0.1, -0.05) is 121 Å². The summed E-state index contributed by atoms with van der Waals surface area (Å²) in [5.41, 5.74) is 8.49. The zero-order chi connectivity index (χ0) is 33.5. The molecule has 0 unspecified atom stereocenters. The first-order valence-electron chi connectivity index (χ1n) is 17.1. The molecule has 0 bridgehead atoms. The number of nitrogens with zero attached hydrogens (tertiary/aromatic N) is 3. The van der Waals surface area contributed by atoms with Gasteiger partial charge in [0.1, 0.15) is 0 Å². The van der Waals surface area contributed by atoms with E-state index in [4.69, 9.17) is 9.97 Å². The maximum absolute atomic E-state index is 5.22. The van der Waals surface area contributed by atoms with Gasteiger partial charge in [-0.15, -0.1) is 22.7 Å². The molecule has 0 amide bonds. The maximum Gasteiger partial charge on any atom is 0.160 e. The van der Waals surface area contributed by atoms with Crippen LogP contribution in [0, 0.1) is 0 Å². The van der Waals surface area contributed by atoms with Crippen molar-refractivity contribution in [1.29, 1.82) is 0 Å². The van der Waals surface area contributed by atoms with Crippen molar-refractivity contribution < 1.29 is 0 Å². The van der Waals surface area contributed by atoms with Crippen LogP contribution in [0.15, 0.2) is 164 Å². The normalized spacial score (nSPS) is 11.9. The Morgan fingerprint density at radius 1 is 0.412 bits per heavy atom. The van der Waals surface area contributed by atoms with Crippen LogP contribution in [0.1, 0.15) is 0 Å². The summed E-state index contributed by atoms with van der Waals surface area (Å²) in [7, 11) is 0. The Balaban J connectivity index is 1.14. The lowest BCUT2D eigenvalue weighted by Crippen LogP contribution is -1.98. The first-order chi connectivity index (χ1) is 25.3. The highest BCUT2D eigenvalue weighted by Gasteiger charge is 2.19. The maximum atomic E-state index is 5.22. The van der Waals surface area contributed by atoms with Crippen LogP contribution in [-0.2, 0) is 0 Å². The molecule has 0 aliphatic rings. The molecule has 51 heavy (non-hydrogen) atoms. The van der Waals surface area contributed by atoms with E-state index in [2.05, 4.69) is 150 Å². The summed E-state index contributed by atoms with van der Waals surface area (Å²) in [5.74, 6) is 0.718. The van der Waals surface area contributed by atoms with E-state index in [0.29, 0.717) is 0 Å². The molecule has 238 valence electrons.